The van der Waals surface area contributed by atoms with Gasteiger partial charge in [0.1, 0.15) is 22.0 Å². The minimum absolute atomic E-state index is 0.325. The van der Waals surface area contributed by atoms with Crippen molar-refractivity contribution < 1.29 is 18.7 Å². The number of hydrogen-bond acceptors (Lipinski definition) is 6. The summed E-state index contributed by atoms with van der Waals surface area (Å²) in [5.74, 6) is 0.595. The number of thiophene rings is 1. The van der Waals surface area contributed by atoms with Crippen LogP contribution in [0.5, 0.6) is 11.5 Å². The molecule has 6 heteroatoms. The monoisotopic (exact) mass is 392 g/mol. The molecule has 2 aromatic carbocycles. The second kappa shape index (κ2) is 7.32. The summed E-state index contributed by atoms with van der Waals surface area (Å²) in [6, 6.07) is 15.8. The number of benzene rings is 2. The first-order chi connectivity index (χ1) is 13.6. The van der Waals surface area contributed by atoms with Crippen LogP contribution in [0.15, 0.2) is 69.2 Å². The lowest BCUT2D eigenvalue weighted by molar-refractivity contribution is 0.0740. The van der Waals surface area contributed by atoms with E-state index in [2.05, 4.69) is 0 Å². The van der Waals surface area contributed by atoms with Gasteiger partial charge in [0.15, 0.2) is 0 Å². The number of carbonyl (C=O) groups is 1. The molecule has 0 aliphatic heterocycles. The zero-order valence-electron chi connectivity index (χ0n) is 15.2. The minimum Gasteiger partial charge on any atom is -0.497 e. The van der Waals surface area contributed by atoms with Crippen LogP contribution < -0.4 is 15.1 Å². The maximum atomic E-state index is 12.6. The molecule has 0 amide bonds. The maximum Gasteiger partial charge on any atom is 0.353 e. The van der Waals surface area contributed by atoms with Gasteiger partial charge in [-0.05, 0) is 53.8 Å². The van der Waals surface area contributed by atoms with E-state index in [4.69, 9.17) is 13.9 Å². The van der Waals surface area contributed by atoms with Crippen LogP contribution in [0.4, 0.5) is 0 Å². The van der Waals surface area contributed by atoms with E-state index < -0.39 is 11.6 Å². The van der Waals surface area contributed by atoms with Gasteiger partial charge in [-0.2, -0.15) is 0 Å². The van der Waals surface area contributed by atoms with Gasteiger partial charge in [-0.15, -0.1) is 11.3 Å². The van der Waals surface area contributed by atoms with Gasteiger partial charge in [-0.3, -0.25) is 0 Å². The number of carbonyl (C=O) groups excluding carboxylic acids is 1. The quantitative estimate of drug-likeness (QED) is 0.276. The lowest BCUT2D eigenvalue weighted by Crippen LogP contribution is -2.08. The molecule has 0 unspecified atom stereocenters. The van der Waals surface area contributed by atoms with Gasteiger partial charge in [0.25, 0.3) is 0 Å². The number of hydrogen-bond donors (Lipinski definition) is 0. The van der Waals surface area contributed by atoms with Gasteiger partial charge in [0, 0.05) is 11.5 Å². The molecular formula is C22H16O5S. The topological polar surface area (TPSA) is 65.7 Å². The third-order valence-corrected chi connectivity index (χ3v) is 5.30. The van der Waals surface area contributed by atoms with Gasteiger partial charge in [0.2, 0.25) is 0 Å². The summed E-state index contributed by atoms with van der Waals surface area (Å²) in [5.41, 5.74) is 1.97. The first-order valence-electron chi connectivity index (χ1n) is 8.54. The molecule has 0 atom stereocenters. The Kier molecular flexibility index (Phi) is 4.71. The number of methoxy groups -OCH3 is 1. The molecule has 140 valence electrons. The van der Waals surface area contributed by atoms with E-state index in [1.54, 1.807) is 55.0 Å². The van der Waals surface area contributed by atoms with E-state index in [1.165, 1.54) is 11.3 Å². The normalized spacial score (nSPS) is 10.8. The zero-order valence-corrected chi connectivity index (χ0v) is 16.0. The van der Waals surface area contributed by atoms with Crippen LogP contribution in [0, 0.1) is 6.92 Å². The van der Waals surface area contributed by atoms with E-state index in [9.17, 15) is 9.59 Å². The predicted molar refractivity (Wildman–Crippen MR) is 108 cm³/mol. The highest BCUT2D eigenvalue weighted by Crippen LogP contribution is 2.30. The molecule has 4 rings (SSSR count). The highest BCUT2D eigenvalue weighted by atomic mass is 32.1. The Labute approximate surface area is 164 Å². The summed E-state index contributed by atoms with van der Waals surface area (Å²) in [6.45, 7) is 1.87. The molecule has 0 aliphatic rings. The molecule has 0 fully saturated rings. The maximum absolute atomic E-state index is 12.6. The summed E-state index contributed by atoms with van der Waals surface area (Å²) in [4.78, 5) is 25.3. The average Bonchev–Trinajstić information content (AvgIpc) is 3.23. The SMILES string of the molecule is COc1ccc(-c2c(C)c3ccc(OC(=O)c4cccs4)cc3oc2=O)cc1. The third-order valence-electron chi connectivity index (χ3n) is 4.45. The van der Waals surface area contributed by atoms with Crippen molar-refractivity contribution in [2.24, 2.45) is 0 Å². The van der Waals surface area contributed by atoms with Crippen molar-refractivity contribution in [1.29, 1.82) is 0 Å². The number of rotatable bonds is 4. The van der Waals surface area contributed by atoms with Crippen molar-refractivity contribution in [3.05, 3.63) is 80.8 Å². The van der Waals surface area contributed by atoms with Crippen molar-refractivity contribution in [3.63, 3.8) is 0 Å². The summed E-state index contributed by atoms with van der Waals surface area (Å²) >= 11 is 1.30. The number of fused-ring (bicyclic) bond motifs is 1. The van der Waals surface area contributed by atoms with Crippen LogP contribution in [-0.4, -0.2) is 13.1 Å². The Morgan fingerprint density at radius 3 is 2.46 bits per heavy atom. The first-order valence-corrected chi connectivity index (χ1v) is 9.42. The predicted octanol–water partition coefficient (Wildman–Crippen LogP) is 5.06. The van der Waals surface area contributed by atoms with E-state index in [-0.39, 0.29) is 0 Å². The molecule has 0 N–H and O–H groups in total. The van der Waals surface area contributed by atoms with Crippen LogP contribution in [0.1, 0.15) is 15.2 Å². The Morgan fingerprint density at radius 2 is 1.79 bits per heavy atom. The molecule has 0 saturated heterocycles. The van der Waals surface area contributed by atoms with Gasteiger partial charge in [-0.1, -0.05) is 18.2 Å². The van der Waals surface area contributed by atoms with Gasteiger partial charge in [0.05, 0.1) is 12.7 Å². The van der Waals surface area contributed by atoms with Crippen molar-refractivity contribution >= 4 is 28.3 Å². The van der Waals surface area contributed by atoms with Gasteiger partial charge < -0.3 is 13.9 Å². The van der Waals surface area contributed by atoms with Crippen molar-refractivity contribution in [3.8, 4) is 22.6 Å². The lowest BCUT2D eigenvalue weighted by Gasteiger charge is -2.10. The smallest absolute Gasteiger partial charge is 0.353 e. The largest absolute Gasteiger partial charge is 0.497 e. The van der Waals surface area contributed by atoms with E-state index in [0.29, 0.717) is 27.5 Å². The van der Waals surface area contributed by atoms with Crippen molar-refractivity contribution in [1.82, 2.24) is 0 Å². The van der Waals surface area contributed by atoms with E-state index in [0.717, 1.165) is 16.5 Å². The Bertz CT molecular complexity index is 1200. The molecule has 0 aliphatic carbocycles. The first kappa shape index (κ1) is 18.0. The van der Waals surface area contributed by atoms with Crippen molar-refractivity contribution in [2.45, 2.75) is 6.92 Å². The fourth-order valence-electron chi connectivity index (χ4n) is 3.04. The fraction of sp³-hybridized carbons (Fsp3) is 0.0909. The Balaban J connectivity index is 1.73. The standard InChI is InChI=1S/C22H16O5S/c1-13-17-10-9-16(26-21(23)19-4-3-11-28-19)12-18(17)27-22(24)20(13)14-5-7-15(25-2)8-6-14/h3-12H,1-2H3. The van der Waals surface area contributed by atoms with E-state index >= 15 is 0 Å². The van der Waals surface area contributed by atoms with Crippen LogP contribution >= 0.6 is 11.3 Å². The number of ether oxygens (including phenoxy) is 2. The Morgan fingerprint density at radius 1 is 1.04 bits per heavy atom. The molecule has 0 radical (unpaired) electrons. The third kappa shape index (κ3) is 3.30. The summed E-state index contributed by atoms with van der Waals surface area (Å²) in [6.07, 6.45) is 0. The highest BCUT2D eigenvalue weighted by Gasteiger charge is 2.15. The molecular weight excluding hydrogens is 376 g/mol. The summed E-state index contributed by atoms with van der Waals surface area (Å²) in [7, 11) is 1.59. The fourth-order valence-corrected chi connectivity index (χ4v) is 3.64. The summed E-state index contributed by atoms with van der Waals surface area (Å²) in [5, 5.41) is 2.58. The van der Waals surface area contributed by atoms with E-state index in [1.807, 2.05) is 19.1 Å². The highest BCUT2D eigenvalue weighted by molar-refractivity contribution is 7.12. The lowest BCUT2D eigenvalue weighted by atomic mass is 9.99. The number of esters is 1. The molecule has 0 bridgehead atoms. The van der Waals surface area contributed by atoms with Crippen molar-refractivity contribution in [2.75, 3.05) is 7.11 Å². The van der Waals surface area contributed by atoms with Crippen LogP contribution in [-0.2, 0) is 0 Å². The van der Waals surface area contributed by atoms with Crippen LogP contribution in [0.3, 0.4) is 0 Å². The van der Waals surface area contributed by atoms with Crippen LogP contribution in [0.25, 0.3) is 22.1 Å². The van der Waals surface area contributed by atoms with Gasteiger partial charge >= 0.3 is 11.6 Å². The van der Waals surface area contributed by atoms with Crippen LogP contribution in [0.2, 0.25) is 0 Å². The molecule has 4 aromatic rings. The molecule has 5 nitrogen and oxygen atoms in total. The number of aryl methyl sites for hydroxylation is 1. The Hall–Kier alpha value is -3.38. The second-order valence-corrected chi connectivity index (χ2v) is 7.09. The zero-order chi connectivity index (χ0) is 19.7. The molecule has 28 heavy (non-hydrogen) atoms. The summed E-state index contributed by atoms with van der Waals surface area (Å²) < 4.78 is 16.1. The second-order valence-electron chi connectivity index (χ2n) is 6.14. The molecule has 2 aromatic heterocycles. The average molecular weight is 392 g/mol. The van der Waals surface area contributed by atoms with Gasteiger partial charge in [-0.25, -0.2) is 9.59 Å². The molecule has 0 saturated carbocycles. The minimum atomic E-state index is -0.447. The molecule has 2 heterocycles. The molecule has 0 spiro atoms.